The van der Waals surface area contributed by atoms with Crippen molar-refractivity contribution in [3.05, 3.63) is 58.3 Å². The average molecular weight is 341 g/mol. The molecule has 2 aliphatic heterocycles. The van der Waals surface area contributed by atoms with Gasteiger partial charge < -0.3 is 5.11 Å². The molecule has 3 heterocycles. The summed E-state index contributed by atoms with van der Waals surface area (Å²) in [7, 11) is 0. The molecule has 1 aromatic heterocycles. The Hall–Kier alpha value is -1.65. The Labute approximate surface area is 146 Å². The van der Waals surface area contributed by atoms with Crippen LogP contribution >= 0.6 is 11.3 Å². The molecule has 126 valence electrons. The van der Waals surface area contributed by atoms with E-state index in [1.807, 2.05) is 6.07 Å². The van der Waals surface area contributed by atoms with Crippen LogP contribution in [0.25, 0.3) is 0 Å². The van der Waals surface area contributed by atoms with E-state index in [2.05, 4.69) is 46.7 Å². The van der Waals surface area contributed by atoms with Crippen LogP contribution in [0.2, 0.25) is 0 Å². The van der Waals surface area contributed by atoms with Crippen molar-refractivity contribution < 1.29 is 9.90 Å². The Morgan fingerprint density at radius 3 is 2.71 bits per heavy atom. The number of piperidine rings is 1. The van der Waals surface area contributed by atoms with E-state index < -0.39 is 5.97 Å². The zero-order chi connectivity index (χ0) is 16.5. The maximum Gasteiger partial charge on any atom is 0.307 e. The molecule has 0 aliphatic carbocycles. The van der Waals surface area contributed by atoms with Crippen molar-refractivity contribution in [3.8, 4) is 0 Å². The Balaban J connectivity index is 1.55. The third-order valence-electron chi connectivity index (χ3n) is 5.76. The topological polar surface area (TPSA) is 40.5 Å². The highest BCUT2D eigenvalue weighted by Crippen LogP contribution is 2.48. The van der Waals surface area contributed by atoms with E-state index in [0.29, 0.717) is 12.1 Å². The molecule has 2 bridgehead atoms. The SMILES string of the molecule is O=C(O)C1CC2CCC(C1c1cccs1)N2CCc1ccccc1. The normalized spacial score (nSPS) is 29.7. The Bertz CT molecular complexity index is 685. The first kappa shape index (κ1) is 15.9. The van der Waals surface area contributed by atoms with E-state index in [-0.39, 0.29) is 11.8 Å². The lowest BCUT2D eigenvalue weighted by atomic mass is 9.79. The Kier molecular flexibility index (Phi) is 4.42. The van der Waals surface area contributed by atoms with Gasteiger partial charge in [0.2, 0.25) is 0 Å². The maximum absolute atomic E-state index is 11.9. The van der Waals surface area contributed by atoms with Gasteiger partial charge in [-0.2, -0.15) is 0 Å². The first-order valence-corrected chi connectivity index (χ1v) is 9.68. The van der Waals surface area contributed by atoms with Gasteiger partial charge in [0.1, 0.15) is 0 Å². The predicted octanol–water partition coefficient (Wildman–Crippen LogP) is 4.01. The zero-order valence-electron chi connectivity index (χ0n) is 13.7. The fraction of sp³-hybridized carbons (Fsp3) is 0.450. The fourth-order valence-corrected chi connectivity index (χ4v) is 5.64. The van der Waals surface area contributed by atoms with Gasteiger partial charge in [0.25, 0.3) is 0 Å². The smallest absolute Gasteiger partial charge is 0.307 e. The minimum Gasteiger partial charge on any atom is -0.481 e. The number of carboxylic acids is 1. The molecule has 2 fully saturated rings. The molecule has 2 aromatic rings. The summed E-state index contributed by atoms with van der Waals surface area (Å²) in [6.45, 7) is 1.04. The summed E-state index contributed by atoms with van der Waals surface area (Å²) in [5.74, 6) is -0.695. The molecule has 4 atom stereocenters. The maximum atomic E-state index is 11.9. The number of fused-ring (bicyclic) bond motifs is 2. The molecule has 0 saturated carbocycles. The third kappa shape index (κ3) is 2.89. The number of rotatable bonds is 5. The number of carboxylic acid groups (broad SMARTS) is 1. The van der Waals surface area contributed by atoms with Crippen molar-refractivity contribution in [2.45, 2.75) is 43.7 Å². The van der Waals surface area contributed by atoms with Crippen LogP contribution in [-0.2, 0) is 11.2 Å². The molecule has 1 N–H and O–H groups in total. The van der Waals surface area contributed by atoms with E-state index >= 15 is 0 Å². The second-order valence-electron chi connectivity index (χ2n) is 6.99. The monoisotopic (exact) mass is 341 g/mol. The van der Waals surface area contributed by atoms with Gasteiger partial charge in [0.15, 0.2) is 0 Å². The molecule has 1 aromatic carbocycles. The first-order chi connectivity index (χ1) is 11.7. The molecule has 0 amide bonds. The lowest BCUT2D eigenvalue weighted by Gasteiger charge is -2.43. The highest BCUT2D eigenvalue weighted by Gasteiger charge is 2.50. The number of benzene rings is 1. The molecule has 4 unspecified atom stereocenters. The summed E-state index contributed by atoms with van der Waals surface area (Å²) in [5, 5.41) is 11.8. The summed E-state index contributed by atoms with van der Waals surface area (Å²) < 4.78 is 0. The standard InChI is InChI=1S/C20H23NO2S/c22-20(23)16-13-15-8-9-17(19(16)18-7-4-12-24-18)21(15)11-10-14-5-2-1-3-6-14/h1-7,12,15-17,19H,8-11,13H2,(H,22,23). The van der Waals surface area contributed by atoms with E-state index in [9.17, 15) is 9.90 Å². The van der Waals surface area contributed by atoms with Crippen LogP contribution in [0, 0.1) is 5.92 Å². The van der Waals surface area contributed by atoms with Gasteiger partial charge in [-0.1, -0.05) is 36.4 Å². The van der Waals surface area contributed by atoms with Crippen LogP contribution in [-0.4, -0.2) is 34.6 Å². The minimum atomic E-state index is -0.618. The third-order valence-corrected chi connectivity index (χ3v) is 6.73. The van der Waals surface area contributed by atoms with Crippen LogP contribution < -0.4 is 0 Å². The van der Waals surface area contributed by atoms with E-state index in [0.717, 1.165) is 32.2 Å². The van der Waals surface area contributed by atoms with Gasteiger partial charge in [-0.25, -0.2) is 0 Å². The highest BCUT2D eigenvalue weighted by atomic mass is 32.1. The number of hydrogen-bond acceptors (Lipinski definition) is 3. The first-order valence-electron chi connectivity index (χ1n) is 8.80. The number of thiophene rings is 1. The molecule has 4 rings (SSSR count). The molecular weight excluding hydrogens is 318 g/mol. The van der Waals surface area contributed by atoms with Gasteiger partial charge in [-0.05, 0) is 42.7 Å². The number of nitrogens with zero attached hydrogens (tertiary/aromatic N) is 1. The Morgan fingerprint density at radius 2 is 2.00 bits per heavy atom. The average Bonchev–Trinajstić information content (AvgIpc) is 3.21. The Morgan fingerprint density at radius 1 is 1.17 bits per heavy atom. The van der Waals surface area contributed by atoms with Gasteiger partial charge in [0.05, 0.1) is 5.92 Å². The number of hydrogen-bond donors (Lipinski definition) is 1. The van der Waals surface area contributed by atoms with E-state index in [1.54, 1.807) is 11.3 Å². The minimum absolute atomic E-state index is 0.150. The molecule has 3 nitrogen and oxygen atoms in total. The fourth-order valence-electron chi connectivity index (χ4n) is 4.69. The van der Waals surface area contributed by atoms with Crippen molar-refractivity contribution in [1.82, 2.24) is 4.90 Å². The lowest BCUT2D eigenvalue weighted by molar-refractivity contribution is -0.145. The summed E-state index contributed by atoms with van der Waals surface area (Å²) in [6, 6.07) is 15.6. The van der Waals surface area contributed by atoms with Crippen molar-refractivity contribution in [1.29, 1.82) is 0 Å². The molecule has 2 saturated heterocycles. The number of carbonyl (C=O) groups is 1. The predicted molar refractivity (Wildman–Crippen MR) is 96.5 cm³/mol. The summed E-state index contributed by atoms with van der Waals surface area (Å²) in [5.41, 5.74) is 1.37. The number of aliphatic carboxylic acids is 1. The van der Waals surface area contributed by atoms with Gasteiger partial charge in [-0.15, -0.1) is 11.3 Å². The molecule has 4 heteroatoms. The van der Waals surface area contributed by atoms with E-state index in [1.165, 1.54) is 10.4 Å². The lowest BCUT2D eigenvalue weighted by Crippen LogP contribution is -2.50. The van der Waals surface area contributed by atoms with Crippen molar-refractivity contribution >= 4 is 17.3 Å². The summed E-state index contributed by atoms with van der Waals surface area (Å²) in [6.07, 6.45) is 4.11. The van der Waals surface area contributed by atoms with Crippen LogP contribution in [0.5, 0.6) is 0 Å². The van der Waals surface area contributed by atoms with Crippen molar-refractivity contribution in [2.75, 3.05) is 6.54 Å². The van der Waals surface area contributed by atoms with Gasteiger partial charge in [-0.3, -0.25) is 9.69 Å². The molecule has 24 heavy (non-hydrogen) atoms. The summed E-state index contributed by atoms with van der Waals surface area (Å²) >= 11 is 1.71. The zero-order valence-corrected chi connectivity index (χ0v) is 14.5. The second kappa shape index (κ2) is 6.69. The molecule has 2 aliphatic rings. The van der Waals surface area contributed by atoms with Gasteiger partial charge in [0, 0.05) is 29.4 Å². The largest absolute Gasteiger partial charge is 0.481 e. The van der Waals surface area contributed by atoms with Crippen LogP contribution in [0.3, 0.4) is 0 Å². The highest BCUT2D eigenvalue weighted by molar-refractivity contribution is 7.10. The van der Waals surface area contributed by atoms with Crippen LogP contribution in [0.1, 0.15) is 35.6 Å². The van der Waals surface area contributed by atoms with E-state index in [4.69, 9.17) is 0 Å². The van der Waals surface area contributed by atoms with Crippen molar-refractivity contribution in [3.63, 3.8) is 0 Å². The quantitative estimate of drug-likeness (QED) is 0.893. The second-order valence-corrected chi connectivity index (χ2v) is 7.97. The summed E-state index contributed by atoms with van der Waals surface area (Å²) in [4.78, 5) is 15.7. The van der Waals surface area contributed by atoms with Crippen molar-refractivity contribution in [2.24, 2.45) is 5.92 Å². The molecule has 0 radical (unpaired) electrons. The van der Waals surface area contributed by atoms with Crippen LogP contribution in [0.4, 0.5) is 0 Å². The van der Waals surface area contributed by atoms with Gasteiger partial charge >= 0.3 is 5.97 Å². The van der Waals surface area contributed by atoms with Crippen LogP contribution in [0.15, 0.2) is 47.8 Å². The molecular formula is C20H23NO2S. The molecule has 0 spiro atoms.